The number of aromatic nitrogens is 1. The third-order valence-electron chi connectivity index (χ3n) is 1.98. The van der Waals surface area contributed by atoms with E-state index in [4.69, 9.17) is 9.84 Å². The van der Waals surface area contributed by atoms with Crippen molar-refractivity contribution in [1.29, 1.82) is 0 Å². The van der Waals surface area contributed by atoms with E-state index in [2.05, 4.69) is 10.4 Å². The van der Waals surface area contributed by atoms with Crippen molar-refractivity contribution >= 4 is 22.4 Å². The van der Waals surface area contributed by atoms with Crippen molar-refractivity contribution in [3.63, 3.8) is 0 Å². The van der Waals surface area contributed by atoms with Crippen molar-refractivity contribution in [1.82, 2.24) is 9.99 Å². The molecule has 0 aliphatic carbocycles. The second-order valence-corrected chi connectivity index (χ2v) is 4.08. The van der Waals surface area contributed by atoms with Crippen LogP contribution < -0.4 is 5.43 Å². The van der Waals surface area contributed by atoms with Crippen molar-refractivity contribution in [2.45, 2.75) is 0 Å². The molecule has 0 amide bonds. The molecule has 0 atom stereocenters. The van der Waals surface area contributed by atoms with Crippen LogP contribution in [0.4, 0.5) is 5.13 Å². The van der Waals surface area contributed by atoms with Gasteiger partial charge in [0.15, 0.2) is 5.13 Å². The molecule has 1 aliphatic rings. The summed E-state index contributed by atoms with van der Waals surface area (Å²) >= 11 is 1.13. The van der Waals surface area contributed by atoms with E-state index in [0.717, 1.165) is 24.4 Å². The van der Waals surface area contributed by atoms with Crippen molar-refractivity contribution < 1.29 is 14.6 Å². The Hall–Kier alpha value is -1.18. The zero-order chi connectivity index (χ0) is 10.7. The second-order valence-electron chi connectivity index (χ2n) is 3.05. The van der Waals surface area contributed by atoms with E-state index in [0.29, 0.717) is 18.3 Å². The summed E-state index contributed by atoms with van der Waals surface area (Å²) in [5, 5.41) is 11.3. The topological polar surface area (TPSA) is 74.7 Å². The summed E-state index contributed by atoms with van der Waals surface area (Å²) in [6.07, 6.45) is 1.36. The van der Waals surface area contributed by atoms with Gasteiger partial charge in [0.2, 0.25) is 0 Å². The highest BCUT2D eigenvalue weighted by molar-refractivity contribution is 7.17. The molecule has 1 aromatic heterocycles. The summed E-state index contributed by atoms with van der Waals surface area (Å²) in [4.78, 5) is 14.8. The maximum absolute atomic E-state index is 10.6. The Morgan fingerprint density at radius 2 is 2.33 bits per heavy atom. The van der Waals surface area contributed by atoms with Gasteiger partial charge in [-0.15, -0.1) is 0 Å². The predicted octanol–water partition coefficient (Wildman–Crippen LogP) is 0.500. The number of aromatic carboxylic acids is 1. The third kappa shape index (κ3) is 2.65. The van der Waals surface area contributed by atoms with E-state index in [1.165, 1.54) is 6.20 Å². The molecule has 2 N–H and O–H groups in total. The number of hydrogen-bond donors (Lipinski definition) is 2. The van der Waals surface area contributed by atoms with Gasteiger partial charge in [-0.25, -0.2) is 14.8 Å². The van der Waals surface area contributed by atoms with Gasteiger partial charge in [0.25, 0.3) is 0 Å². The lowest BCUT2D eigenvalue weighted by Crippen LogP contribution is -2.40. The smallest absolute Gasteiger partial charge is 0.347 e. The monoisotopic (exact) mass is 229 g/mol. The fraction of sp³-hybridized carbons (Fsp3) is 0.500. The van der Waals surface area contributed by atoms with Gasteiger partial charge in [-0.3, -0.25) is 5.43 Å². The van der Waals surface area contributed by atoms with Crippen molar-refractivity contribution in [3.8, 4) is 0 Å². The van der Waals surface area contributed by atoms with Crippen LogP contribution in [0.3, 0.4) is 0 Å². The molecule has 1 saturated heterocycles. The standard InChI is InChI=1S/C8H11N3O3S/c12-7(13)6-5-9-8(15-6)10-11-1-3-14-4-2-11/h5H,1-4H2,(H,9,10)(H,12,13). The Labute approximate surface area is 90.5 Å². The van der Waals surface area contributed by atoms with E-state index in [-0.39, 0.29) is 4.88 Å². The fourth-order valence-corrected chi connectivity index (χ4v) is 1.92. The van der Waals surface area contributed by atoms with Crippen LogP contribution in [0, 0.1) is 0 Å². The summed E-state index contributed by atoms with van der Waals surface area (Å²) in [5.74, 6) is -0.942. The van der Waals surface area contributed by atoms with E-state index in [1.807, 2.05) is 5.01 Å². The van der Waals surface area contributed by atoms with Gasteiger partial charge in [0.1, 0.15) is 4.88 Å². The first-order valence-electron chi connectivity index (χ1n) is 4.54. The molecule has 7 heteroatoms. The highest BCUT2D eigenvalue weighted by atomic mass is 32.1. The molecule has 1 aromatic rings. The molecular weight excluding hydrogens is 218 g/mol. The zero-order valence-electron chi connectivity index (χ0n) is 7.97. The zero-order valence-corrected chi connectivity index (χ0v) is 8.79. The number of hydrogen-bond acceptors (Lipinski definition) is 6. The molecular formula is C8H11N3O3S. The number of carboxylic acids is 1. The van der Waals surface area contributed by atoms with E-state index >= 15 is 0 Å². The van der Waals surface area contributed by atoms with Crippen LogP contribution in [-0.4, -0.2) is 47.4 Å². The number of carbonyl (C=O) groups is 1. The molecule has 0 radical (unpaired) electrons. The number of hydrazine groups is 1. The van der Waals surface area contributed by atoms with Crippen LogP contribution in [0.2, 0.25) is 0 Å². The molecule has 0 unspecified atom stereocenters. The molecule has 82 valence electrons. The van der Waals surface area contributed by atoms with Crippen LogP contribution >= 0.6 is 11.3 Å². The predicted molar refractivity (Wildman–Crippen MR) is 55.1 cm³/mol. The number of nitrogens with zero attached hydrogens (tertiary/aromatic N) is 2. The van der Waals surface area contributed by atoms with Gasteiger partial charge >= 0.3 is 5.97 Å². The highest BCUT2D eigenvalue weighted by Gasteiger charge is 2.13. The summed E-state index contributed by atoms with van der Waals surface area (Å²) < 4.78 is 5.19. The van der Waals surface area contributed by atoms with E-state index < -0.39 is 5.97 Å². The number of carboxylic acid groups (broad SMARTS) is 1. The van der Waals surface area contributed by atoms with Gasteiger partial charge in [-0.2, -0.15) is 0 Å². The molecule has 0 saturated carbocycles. The summed E-state index contributed by atoms with van der Waals surface area (Å²) in [5.41, 5.74) is 3.05. The molecule has 2 heterocycles. The van der Waals surface area contributed by atoms with Crippen LogP contribution in [-0.2, 0) is 4.74 Å². The Morgan fingerprint density at radius 1 is 1.60 bits per heavy atom. The normalized spacial score (nSPS) is 17.6. The minimum absolute atomic E-state index is 0.241. The molecule has 1 fully saturated rings. The summed E-state index contributed by atoms with van der Waals surface area (Å²) in [7, 11) is 0. The van der Waals surface area contributed by atoms with Crippen LogP contribution in [0.25, 0.3) is 0 Å². The Balaban J connectivity index is 1.94. The fourth-order valence-electron chi connectivity index (χ4n) is 1.24. The Kier molecular flexibility index (Phi) is 3.14. The summed E-state index contributed by atoms with van der Waals surface area (Å²) in [6, 6.07) is 0. The number of thiazole rings is 1. The minimum atomic E-state index is -0.942. The van der Waals surface area contributed by atoms with E-state index in [9.17, 15) is 4.79 Å². The molecule has 15 heavy (non-hydrogen) atoms. The number of rotatable bonds is 3. The lowest BCUT2D eigenvalue weighted by Gasteiger charge is -2.26. The van der Waals surface area contributed by atoms with Gasteiger partial charge in [0, 0.05) is 13.1 Å². The van der Waals surface area contributed by atoms with Crippen LogP contribution in [0.15, 0.2) is 6.20 Å². The van der Waals surface area contributed by atoms with Crippen molar-refractivity contribution in [2.75, 3.05) is 31.7 Å². The molecule has 0 aromatic carbocycles. The van der Waals surface area contributed by atoms with Crippen molar-refractivity contribution in [2.24, 2.45) is 0 Å². The van der Waals surface area contributed by atoms with Gasteiger partial charge in [0.05, 0.1) is 19.4 Å². The first kappa shape index (κ1) is 10.3. The number of nitrogens with one attached hydrogen (secondary N) is 1. The maximum Gasteiger partial charge on any atom is 0.347 e. The quantitative estimate of drug-likeness (QED) is 0.786. The lowest BCUT2D eigenvalue weighted by molar-refractivity contribution is 0.0497. The average molecular weight is 229 g/mol. The Bertz CT molecular complexity index is 349. The van der Waals surface area contributed by atoms with Crippen LogP contribution in [0.5, 0.6) is 0 Å². The number of ether oxygens (including phenoxy) is 1. The largest absolute Gasteiger partial charge is 0.477 e. The number of morpholine rings is 1. The van der Waals surface area contributed by atoms with Gasteiger partial charge < -0.3 is 9.84 Å². The lowest BCUT2D eigenvalue weighted by atomic mass is 10.5. The average Bonchev–Trinajstić information content (AvgIpc) is 2.68. The highest BCUT2D eigenvalue weighted by Crippen LogP contribution is 2.18. The molecule has 6 nitrogen and oxygen atoms in total. The Morgan fingerprint density at radius 3 is 2.93 bits per heavy atom. The molecule has 0 bridgehead atoms. The second kappa shape index (κ2) is 4.56. The SMILES string of the molecule is O=C(O)c1cnc(NN2CCOCC2)s1. The minimum Gasteiger partial charge on any atom is -0.477 e. The first-order chi connectivity index (χ1) is 7.25. The molecule has 2 rings (SSSR count). The number of anilines is 1. The summed E-state index contributed by atoms with van der Waals surface area (Å²) in [6.45, 7) is 2.93. The maximum atomic E-state index is 10.6. The third-order valence-corrected chi connectivity index (χ3v) is 2.87. The molecule has 0 spiro atoms. The molecule has 1 aliphatic heterocycles. The van der Waals surface area contributed by atoms with Crippen molar-refractivity contribution in [3.05, 3.63) is 11.1 Å². The van der Waals surface area contributed by atoms with Gasteiger partial charge in [-0.1, -0.05) is 11.3 Å². The first-order valence-corrected chi connectivity index (χ1v) is 5.36. The van der Waals surface area contributed by atoms with Gasteiger partial charge in [-0.05, 0) is 0 Å². The van der Waals surface area contributed by atoms with Crippen LogP contribution in [0.1, 0.15) is 9.67 Å². The van der Waals surface area contributed by atoms with E-state index in [1.54, 1.807) is 0 Å².